The first-order valence-corrected chi connectivity index (χ1v) is 4.41. The second-order valence-electron chi connectivity index (χ2n) is 3.38. The summed E-state index contributed by atoms with van der Waals surface area (Å²) in [6, 6.07) is 1.83. The monoisotopic (exact) mass is 248 g/mol. The summed E-state index contributed by atoms with van der Waals surface area (Å²) in [6.07, 6.45) is -4.73. The van der Waals surface area contributed by atoms with E-state index in [4.69, 9.17) is 5.73 Å². The third-order valence-electron chi connectivity index (χ3n) is 2.15. The lowest BCUT2D eigenvalue weighted by Gasteiger charge is -2.09. The van der Waals surface area contributed by atoms with Gasteiger partial charge in [-0.25, -0.2) is 13.8 Å². The Bertz CT molecular complexity index is 591. The summed E-state index contributed by atoms with van der Waals surface area (Å²) in [7, 11) is 0. The van der Waals surface area contributed by atoms with Crippen molar-refractivity contribution in [1.29, 1.82) is 0 Å². The standard InChI is InChI=1S/C10H5F5N2/c11-4-1-5-7(16)3-8(10(13,14)15)17-9(5)6(12)2-4/h1-3H,(H2,16,17). The van der Waals surface area contributed by atoms with Gasteiger partial charge in [0.05, 0.1) is 0 Å². The molecule has 2 rings (SSSR count). The Morgan fingerprint density at radius 1 is 1.06 bits per heavy atom. The van der Waals surface area contributed by atoms with Crippen LogP contribution < -0.4 is 5.73 Å². The fourth-order valence-corrected chi connectivity index (χ4v) is 1.42. The second-order valence-corrected chi connectivity index (χ2v) is 3.38. The van der Waals surface area contributed by atoms with E-state index in [-0.39, 0.29) is 11.1 Å². The third kappa shape index (κ3) is 2.00. The summed E-state index contributed by atoms with van der Waals surface area (Å²) in [6.45, 7) is 0. The van der Waals surface area contributed by atoms with E-state index < -0.39 is 29.0 Å². The molecule has 0 aliphatic carbocycles. The number of nitrogen functional groups attached to an aromatic ring is 1. The Kier molecular flexibility index (Phi) is 2.41. The molecule has 0 amide bonds. The van der Waals surface area contributed by atoms with Crippen molar-refractivity contribution in [2.24, 2.45) is 0 Å². The summed E-state index contributed by atoms with van der Waals surface area (Å²) in [5.41, 5.74) is 3.03. The van der Waals surface area contributed by atoms with Gasteiger partial charge in [0.2, 0.25) is 0 Å². The van der Waals surface area contributed by atoms with Crippen LogP contribution >= 0.6 is 0 Å². The Hall–Kier alpha value is -1.92. The number of nitrogens with zero attached hydrogens (tertiary/aromatic N) is 1. The first kappa shape index (κ1) is 11.6. The number of hydrogen-bond acceptors (Lipinski definition) is 2. The van der Waals surface area contributed by atoms with Crippen molar-refractivity contribution in [1.82, 2.24) is 4.98 Å². The zero-order chi connectivity index (χ0) is 12.8. The van der Waals surface area contributed by atoms with Gasteiger partial charge in [0.15, 0.2) is 5.82 Å². The quantitative estimate of drug-likeness (QED) is 0.727. The van der Waals surface area contributed by atoms with Crippen molar-refractivity contribution in [2.45, 2.75) is 6.18 Å². The predicted octanol–water partition coefficient (Wildman–Crippen LogP) is 3.11. The summed E-state index contributed by atoms with van der Waals surface area (Å²) < 4.78 is 63.3. The maximum absolute atomic E-state index is 13.3. The van der Waals surface area contributed by atoms with E-state index in [9.17, 15) is 22.0 Å². The van der Waals surface area contributed by atoms with Gasteiger partial charge in [-0.05, 0) is 12.1 Å². The maximum Gasteiger partial charge on any atom is 0.433 e. The molecule has 0 aliphatic rings. The molecule has 17 heavy (non-hydrogen) atoms. The molecule has 0 saturated heterocycles. The highest BCUT2D eigenvalue weighted by molar-refractivity contribution is 5.90. The van der Waals surface area contributed by atoms with Crippen molar-refractivity contribution in [3.05, 3.63) is 35.5 Å². The number of anilines is 1. The molecule has 2 aromatic rings. The van der Waals surface area contributed by atoms with Crippen LogP contribution in [-0.2, 0) is 6.18 Å². The number of aromatic nitrogens is 1. The van der Waals surface area contributed by atoms with Crippen LogP contribution in [0.2, 0.25) is 0 Å². The third-order valence-corrected chi connectivity index (χ3v) is 2.15. The number of alkyl halides is 3. The highest BCUT2D eigenvalue weighted by Crippen LogP contribution is 2.32. The molecule has 0 atom stereocenters. The van der Waals surface area contributed by atoms with Gasteiger partial charge in [0, 0.05) is 17.1 Å². The summed E-state index contributed by atoms with van der Waals surface area (Å²) in [5.74, 6) is -2.11. The summed E-state index contributed by atoms with van der Waals surface area (Å²) in [4.78, 5) is 3.10. The number of pyridine rings is 1. The van der Waals surface area contributed by atoms with Gasteiger partial charge in [-0.3, -0.25) is 0 Å². The van der Waals surface area contributed by atoms with Crippen LogP contribution in [0, 0.1) is 11.6 Å². The van der Waals surface area contributed by atoms with E-state index in [0.29, 0.717) is 12.1 Å². The molecule has 0 unspecified atom stereocenters. The van der Waals surface area contributed by atoms with E-state index >= 15 is 0 Å². The number of fused-ring (bicyclic) bond motifs is 1. The number of benzene rings is 1. The topological polar surface area (TPSA) is 38.9 Å². The first-order chi connectivity index (χ1) is 7.79. The molecule has 0 fully saturated rings. The summed E-state index contributed by atoms with van der Waals surface area (Å²) in [5, 5.41) is -0.185. The molecule has 2 nitrogen and oxygen atoms in total. The minimum absolute atomic E-state index is 0.185. The molecule has 7 heteroatoms. The average Bonchev–Trinajstić information content (AvgIpc) is 2.17. The van der Waals surface area contributed by atoms with Gasteiger partial charge >= 0.3 is 6.18 Å². The van der Waals surface area contributed by atoms with Crippen molar-refractivity contribution in [3.8, 4) is 0 Å². The number of nitrogens with two attached hydrogens (primary N) is 1. The lowest BCUT2D eigenvalue weighted by molar-refractivity contribution is -0.140. The molecular formula is C10H5F5N2. The summed E-state index contributed by atoms with van der Waals surface area (Å²) >= 11 is 0. The molecule has 1 heterocycles. The van der Waals surface area contributed by atoms with Crippen LogP contribution in [0.1, 0.15) is 5.69 Å². The maximum atomic E-state index is 13.3. The van der Waals surface area contributed by atoms with E-state index in [1.54, 1.807) is 0 Å². The highest BCUT2D eigenvalue weighted by Gasteiger charge is 2.33. The SMILES string of the molecule is Nc1cc(C(F)(F)F)nc2c(F)cc(F)cc12. The largest absolute Gasteiger partial charge is 0.433 e. The molecule has 0 spiro atoms. The van der Waals surface area contributed by atoms with Crippen LogP contribution in [0.4, 0.5) is 27.6 Å². The molecule has 90 valence electrons. The lowest BCUT2D eigenvalue weighted by Crippen LogP contribution is -2.09. The van der Waals surface area contributed by atoms with Gasteiger partial charge in [0.1, 0.15) is 17.0 Å². The van der Waals surface area contributed by atoms with Crippen molar-refractivity contribution in [3.63, 3.8) is 0 Å². The van der Waals surface area contributed by atoms with E-state index in [1.165, 1.54) is 0 Å². The molecule has 0 radical (unpaired) electrons. The minimum atomic E-state index is -4.73. The van der Waals surface area contributed by atoms with Gasteiger partial charge in [-0.1, -0.05) is 0 Å². The van der Waals surface area contributed by atoms with E-state index in [0.717, 1.165) is 6.07 Å². The Balaban J connectivity index is 2.83. The van der Waals surface area contributed by atoms with Crippen molar-refractivity contribution < 1.29 is 22.0 Å². The Labute approximate surface area is 91.9 Å². The molecular weight excluding hydrogens is 243 g/mol. The van der Waals surface area contributed by atoms with Crippen LogP contribution in [0.25, 0.3) is 10.9 Å². The Morgan fingerprint density at radius 3 is 2.29 bits per heavy atom. The zero-order valence-corrected chi connectivity index (χ0v) is 8.15. The molecule has 2 N–H and O–H groups in total. The van der Waals surface area contributed by atoms with Crippen LogP contribution in [0.3, 0.4) is 0 Å². The molecule has 0 saturated carbocycles. The van der Waals surface area contributed by atoms with Gasteiger partial charge in [-0.15, -0.1) is 0 Å². The van der Waals surface area contributed by atoms with E-state index in [2.05, 4.69) is 4.98 Å². The highest BCUT2D eigenvalue weighted by atomic mass is 19.4. The van der Waals surface area contributed by atoms with Gasteiger partial charge in [0.25, 0.3) is 0 Å². The normalized spacial score (nSPS) is 12.1. The molecule has 0 aliphatic heterocycles. The average molecular weight is 248 g/mol. The number of rotatable bonds is 0. The first-order valence-electron chi connectivity index (χ1n) is 4.41. The van der Waals surface area contributed by atoms with Crippen LogP contribution in [-0.4, -0.2) is 4.98 Å². The number of halogens is 5. The lowest BCUT2D eigenvalue weighted by atomic mass is 10.1. The molecule has 1 aromatic carbocycles. The van der Waals surface area contributed by atoms with Gasteiger partial charge in [-0.2, -0.15) is 13.2 Å². The van der Waals surface area contributed by atoms with Gasteiger partial charge < -0.3 is 5.73 Å². The smallest absolute Gasteiger partial charge is 0.398 e. The zero-order valence-electron chi connectivity index (χ0n) is 8.15. The fraction of sp³-hybridized carbons (Fsp3) is 0.100. The van der Waals surface area contributed by atoms with Crippen LogP contribution in [0.15, 0.2) is 18.2 Å². The number of hydrogen-bond donors (Lipinski definition) is 1. The van der Waals surface area contributed by atoms with Crippen molar-refractivity contribution in [2.75, 3.05) is 5.73 Å². The Morgan fingerprint density at radius 2 is 1.71 bits per heavy atom. The van der Waals surface area contributed by atoms with Crippen molar-refractivity contribution >= 4 is 16.6 Å². The molecule has 0 bridgehead atoms. The van der Waals surface area contributed by atoms with E-state index in [1.807, 2.05) is 0 Å². The second kappa shape index (κ2) is 3.54. The molecule has 1 aromatic heterocycles. The van der Waals surface area contributed by atoms with Crippen LogP contribution in [0.5, 0.6) is 0 Å². The minimum Gasteiger partial charge on any atom is -0.398 e. The predicted molar refractivity (Wildman–Crippen MR) is 51.1 cm³/mol. The fourth-order valence-electron chi connectivity index (χ4n) is 1.42.